The van der Waals surface area contributed by atoms with Crippen molar-refractivity contribution in [1.82, 2.24) is 0 Å². The van der Waals surface area contributed by atoms with E-state index >= 15 is 0 Å². The highest BCUT2D eigenvalue weighted by Gasteiger charge is 2.27. The molecule has 0 amide bonds. The SMILES string of the molecule is CCOC(=O)C(C(=O)OCC)=C(Nc1ccc(C)cc1)Nc1cccc(C)c1. The monoisotopic (exact) mass is 382 g/mol. The van der Waals surface area contributed by atoms with E-state index in [9.17, 15) is 9.59 Å². The van der Waals surface area contributed by atoms with Crippen LogP contribution in [0.4, 0.5) is 11.4 Å². The number of carbonyl (C=O) groups excluding carboxylic acids is 2. The highest BCUT2D eigenvalue weighted by Crippen LogP contribution is 2.20. The van der Waals surface area contributed by atoms with Gasteiger partial charge in [-0.05, 0) is 57.5 Å². The van der Waals surface area contributed by atoms with Crippen molar-refractivity contribution < 1.29 is 19.1 Å². The second-order valence-corrected chi connectivity index (χ2v) is 6.18. The molecule has 2 aromatic rings. The zero-order chi connectivity index (χ0) is 20.5. The fourth-order valence-corrected chi connectivity index (χ4v) is 2.50. The largest absolute Gasteiger partial charge is 0.462 e. The van der Waals surface area contributed by atoms with E-state index in [1.54, 1.807) is 13.8 Å². The van der Waals surface area contributed by atoms with Gasteiger partial charge in [0, 0.05) is 11.4 Å². The molecule has 0 unspecified atom stereocenters. The van der Waals surface area contributed by atoms with Crippen molar-refractivity contribution >= 4 is 23.3 Å². The summed E-state index contributed by atoms with van der Waals surface area (Å²) >= 11 is 0. The zero-order valence-electron chi connectivity index (χ0n) is 16.7. The highest BCUT2D eigenvalue weighted by atomic mass is 16.6. The lowest BCUT2D eigenvalue weighted by Gasteiger charge is -2.18. The maximum absolute atomic E-state index is 12.5. The molecule has 0 atom stereocenters. The first-order valence-corrected chi connectivity index (χ1v) is 9.20. The maximum atomic E-state index is 12.5. The van der Waals surface area contributed by atoms with Gasteiger partial charge in [0.25, 0.3) is 0 Å². The molecule has 0 heterocycles. The van der Waals surface area contributed by atoms with Crippen molar-refractivity contribution in [3.05, 3.63) is 71.1 Å². The minimum atomic E-state index is -0.754. The topological polar surface area (TPSA) is 76.7 Å². The Labute approximate surface area is 165 Å². The Morgan fingerprint density at radius 3 is 1.89 bits per heavy atom. The molecule has 6 nitrogen and oxygen atoms in total. The van der Waals surface area contributed by atoms with E-state index in [0.717, 1.165) is 16.8 Å². The number of anilines is 2. The average Bonchev–Trinajstić information content (AvgIpc) is 2.64. The van der Waals surface area contributed by atoms with E-state index in [1.165, 1.54) is 0 Å². The first-order chi connectivity index (χ1) is 13.4. The molecule has 0 aliphatic rings. The zero-order valence-corrected chi connectivity index (χ0v) is 16.7. The quantitative estimate of drug-likeness (QED) is 0.309. The molecule has 2 rings (SSSR count). The average molecular weight is 382 g/mol. The number of nitrogens with one attached hydrogen (secondary N) is 2. The summed E-state index contributed by atoms with van der Waals surface area (Å²) in [5.74, 6) is -1.31. The predicted octanol–water partition coefficient (Wildman–Crippen LogP) is 4.17. The smallest absolute Gasteiger partial charge is 0.349 e. The van der Waals surface area contributed by atoms with Crippen LogP contribution in [-0.2, 0) is 19.1 Å². The second-order valence-electron chi connectivity index (χ2n) is 6.18. The molecule has 0 bridgehead atoms. The molecule has 0 radical (unpaired) electrons. The summed E-state index contributed by atoms with van der Waals surface area (Å²) in [5, 5.41) is 6.25. The van der Waals surface area contributed by atoms with Crippen LogP contribution in [0.2, 0.25) is 0 Å². The van der Waals surface area contributed by atoms with E-state index in [4.69, 9.17) is 9.47 Å². The van der Waals surface area contributed by atoms with Crippen LogP contribution in [0.15, 0.2) is 59.9 Å². The molecule has 0 spiro atoms. The number of esters is 2. The van der Waals surface area contributed by atoms with Gasteiger partial charge < -0.3 is 20.1 Å². The number of hydrogen-bond donors (Lipinski definition) is 2. The molecular weight excluding hydrogens is 356 g/mol. The summed E-state index contributed by atoms with van der Waals surface area (Å²) in [6.07, 6.45) is 0. The molecule has 0 aliphatic heterocycles. The maximum Gasteiger partial charge on any atom is 0.349 e. The third-order valence-electron chi connectivity index (χ3n) is 3.82. The number of benzene rings is 2. The van der Waals surface area contributed by atoms with Crippen LogP contribution in [0.3, 0.4) is 0 Å². The van der Waals surface area contributed by atoms with Gasteiger partial charge in [-0.2, -0.15) is 0 Å². The van der Waals surface area contributed by atoms with Crippen LogP contribution in [0.5, 0.6) is 0 Å². The normalized spacial score (nSPS) is 10.0. The lowest BCUT2D eigenvalue weighted by Crippen LogP contribution is -2.26. The van der Waals surface area contributed by atoms with Crippen molar-refractivity contribution in [2.75, 3.05) is 23.8 Å². The Bertz CT molecular complexity index is 837. The molecular formula is C22H26N2O4. The summed E-state index contributed by atoms with van der Waals surface area (Å²) in [6, 6.07) is 15.2. The molecule has 0 saturated heterocycles. The van der Waals surface area contributed by atoms with Crippen molar-refractivity contribution in [2.45, 2.75) is 27.7 Å². The second kappa shape index (κ2) is 10.2. The molecule has 148 valence electrons. The van der Waals surface area contributed by atoms with Gasteiger partial charge in [0.05, 0.1) is 13.2 Å². The van der Waals surface area contributed by atoms with Gasteiger partial charge in [-0.1, -0.05) is 29.8 Å². The van der Waals surface area contributed by atoms with Gasteiger partial charge >= 0.3 is 11.9 Å². The Morgan fingerprint density at radius 2 is 1.36 bits per heavy atom. The van der Waals surface area contributed by atoms with E-state index in [1.807, 2.05) is 62.4 Å². The van der Waals surface area contributed by atoms with Crippen LogP contribution >= 0.6 is 0 Å². The standard InChI is InChI=1S/C22H26N2O4/c1-5-27-21(25)19(22(26)28-6-2)20(23-17-12-10-15(3)11-13-17)24-18-9-7-8-16(4)14-18/h7-14,23-24H,5-6H2,1-4H3. The van der Waals surface area contributed by atoms with Crippen LogP contribution < -0.4 is 10.6 Å². The number of ether oxygens (including phenoxy) is 2. The summed E-state index contributed by atoms with van der Waals surface area (Å²) in [4.78, 5) is 25.1. The molecule has 0 aliphatic carbocycles. The molecule has 0 saturated carbocycles. The Hall–Kier alpha value is -3.28. The van der Waals surface area contributed by atoms with Crippen LogP contribution in [-0.4, -0.2) is 25.2 Å². The first-order valence-electron chi connectivity index (χ1n) is 9.20. The lowest BCUT2D eigenvalue weighted by atomic mass is 10.2. The van der Waals surface area contributed by atoms with E-state index < -0.39 is 11.9 Å². The van der Waals surface area contributed by atoms with Gasteiger partial charge in [-0.15, -0.1) is 0 Å². The van der Waals surface area contributed by atoms with E-state index in [-0.39, 0.29) is 24.6 Å². The number of aryl methyl sites for hydroxylation is 2. The Morgan fingerprint density at radius 1 is 0.786 bits per heavy atom. The molecule has 6 heteroatoms. The van der Waals surface area contributed by atoms with Gasteiger partial charge in [0.1, 0.15) is 5.82 Å². The summed E-state index contributed by atoms with van der Waals surface area (Å²) in [5.41, 5.74) is 3.35. The lowest BCUT2D eigenvalue weighted by molar-refractivity contribution is -0.146. The fourth-order valence-electron chi connectivity index (χ4n) is 2.50. The van der Waals surface area contributed by atoms with E-state index in [2.05, 4.69) is 10.6 Å². The van der Waals surface area contributed by atoms with Crippen molar-refractivity contribution in [1.29, 1.82) is 0 Å². The summed E-state index contributed by atoms with van der Waals surface area (Å²) in [6.45, 7) is 7.59. The minimum Gasteiger partial charge on any atom is -0.462 e. The van der Waals surface area contributed by atoms with Crippen LogP contribution in [0, 0.1) is 13.8 Å². The number of hydrogen-bond acceptors (Lipinski definition) is 6. The Kier molecular flexibility index (Phi) is 7.63. The third-order valence-corrected chi connectivity index (χ3v) is 3.82. The third kappa shape index (κ3) is 5.87. The van der Waals surface area contributed by atoms with Gasteiger partial charge in [-0.3, -0.25) is 0 Å². The van der Waals surface area contributed by atoms with Crippen molar-refractivity contribution in [3.8, 4) is 0 Å². The summed E-state index contributed by atoms with van der Waals surface area (Å²) in [7, 11) is 0. The van der Waals surface area contributed by atoms with Gasteiger partial charge in [-0.25, -0.2) is 9.59 Å². The molecule has 28 heavy (non-hydrogen) atoms. The minimum absolute atomic E-state index is 0.143. The first kappa shape index (κ1) is 21.0. The molecule has 0 aromatic heterocycles. The highest BCUT2D eigenvalue weighted by molar-refractivity contribution is 6.15. The van der Waals surface area contributed by atoms with Crippen LogP contribution in [0.25, 0.3) is 0 Å². The van der Waals surface area contributed by atoms with Gasteiger partial charge in [0.2, 0.25) is 0 Å². The molecule has 2 aromatic carbocycles. The Balaban J connectivity index is 2.52. The number of rotatable bonds is 8. The molecule has 0 fully saturated rings. The van der Waals surface area contributed by atoms with E-state index in [0.29, 0.717) is 5.69 Å². The van der Waals surface area contributed by atoms with Gasteiger partial charge in [0.15, 0.2) is 5.57 Å². The number of carbonyl (C=O) groups is 2. The van der Waals surface area contributed by atoms with Crippen molar-refractivity contribution in [2.24, 2.45) is 0 Å². The van der Waals surface area contributed by atoms with Crippen molar-refractivity contribution in [3.63, 3.8) is 0 Å². The predicted molar refractivity (Wildman–Crippen MR) is 110 cm³/mol. The van der Waals surface area contributed by atoms with Crippen LogP contribution in [0.1, 0.15) is 25.0 Å². The molecule has 2 N–H and O–H groups in total. The fraction of sp³-hybridized carbons (Fsp3) is 0.273. The summed E-state index contributed by atoms with van der Waals surface area (Å²) < 4.78 is 10.2.